The summed E-state index contributed by atoms with van der Waals surface area (Å²) in [5, 5.41) is 10.3. The molecule has 1 atom stereocenters. The molecule has 1 aliphatic heterocycles. The van der Waals surface area contributed by atoms with Crippen molar-refractivity contribution in [2.45, 2.75) is 25.1 Å². The number of alkyl halides is 3. The topological polar surface area (TPSA) is 15.3 Å². The fourth-order valence-electron chi connectivity index (χ4n) is 4.88. The van der Waals surface area contributed by atoms with Crippen LogP contribution in [0.3, 0.4) is 0 Å². The molecule has 0 spiro atoms. The summed E-state index contributed by atoms with van der Waals surface area (Å²) in [6.07, 6.45) is -4.81. The van der Waals surface area contributed by atoms with Gasteiger partial charge in [0.1, 0.15) is 0 Å². The van der Waals surface area contributed by atoms with E-state index in [4.69, 9.17) is 0 Å². The Morgan fingerprint density at radius 3 is 2.03 bits per heavy atom. The van der Waals surface area contributed by atoms with E-state index in [9.17, 15) is 13.2 Å². The molecule has 0 aliphatic carbocycles. The van der Waals surface area contributed by atoms with E-state index in [1.165, 1.54) is 21.5 Å². The zero-order valence-corrected chi connectivity index (χ0v) is 18.5. The molecule has 1 fully saturated rings. The predicted octanol–water partition coefficient (Wildman–Crippen LogP) is 6.72. The van der Waals surface area contributed by atoms with Crippen LogP contribution in [0.4, 0.5) is 13.2 Å². The van der Waals surface area contributed by atoms with Gasteiger partial charge in [-0.3, -0.25) is 4.90 Å². The van der Waals surface area contributed by atoms with Gasteiger partial charge in [-0.05, 0) is 44.3 Å². The maximum Gasteiger partial charge on any atom is 0.389 e. The fourth-order valence-corrected chi connectivity index (χ4v) is 4.88. The molecule has 0 amide bonds. The van der Waals surface area contributed by atoms with Gasteiger partial charge in [-0.1, -0.05) is 54.6 Å². The van der Waals surface area contributed by atoms with Crippen molar-refractivity contribution in [2.75, 3.05) is 26.2 Å². The Balaban J connectivity index is 0.00000136. The number of hydrogen-bond donors (Lipinski definition) is 1. The summed E-state index contributed by atoms with van der Waals surface area (Å²) in [6, 6.07) is 18.6. The van der Waals surface area contributed by atoms with Crippen LogP contribution in [0.15, 0.2) is 54.6 Å². The lowest BCUT2D eigenvalue weighted by atomic mass is 9.88. The van der Waals surface area contributed by atoms with Crippen LogP contribution in [0.2, 0.25) is 0 Å². The molecule has 0 radical (unpaired) electrons. The summed E-state index contributed by atoms with van der Waals surface area (Å²) in [4.78, 5) is 2.22. The highest BCUT2D eigenvalue weighted by atomic mass is 35.5. The molecule has 7 heteroatoms. The highest BCUT2D eigenvalue weighted by molar-refractivity contribution is 6.23. The van der Waals surface area contributed by atoms with E-state index in [-0.39, 0.29) is 37.3 Å². The Morgan fingerprint density at radius 2 is 1.39 bits per heavy atom. The number of benzene rings is 4. The zero-order chi connectivity index (χ0) is 20.0. The van der Waals surface area contributed by atoms with Crippen molar-refractivity contribution in [1.29, 1.82) is 0 Å². The number of hydrogen-bond acceptors (Lipinski definition) is 2. The van der Waals surface area contributed by atoms with Gasteiger partial charge in [0.05, 0.1) is 0 Å². The first-order chi connectivity index (χ1) is 14.0. The Bertz CT molecular complexity index is 1140. The second-order valence-corrected chi connectivity index (χ2v) is 7.97. The van der Waals surface area contributed by atoms with Gasteiger partial charge >= 0.3 is 6.18 Å². The fraction of sp³-hybridized carbons (Fsp3) is 0.333. The minimum atomic E-state index is -4.14. The van der Waals surface area contributed by atoms with Crippen molar-refractivity contribution < 1.29 is 13.2 Å². The van der Waals surface area contributed by atoms with Crippen molar-refractivity contribution in [1.82, 2.24) is 10.2 Å². The number of halogens is 5. The lowest BCUT2D eigenvalue weighted by Gasteiger charge is -2.36. The minimum absolute atomic E-state index is 0. The summed E-state index contributed by atoms with van der Waals surface area (Å²) in [7, 11) is 0. The smallest absolute Gasteiger partial charge is 0.314 e. The minimum Gasteiger partial charge on any atom is -0.314 e. The van der Waals surface area contributed by atoms with Gasteiger partial charge in [0, 0.05) is 38.6 Å². The average Bonchev–Trinajstić information content (AvgIpc) is 2.73. The van der Waals surface area contributed by atoms with Gasteiger partial charge in [0.25, 0.3) is 0 Å². The maximum absolute atomic E-state index is 13.1. The molecule has 0 unspecified atom stereocenters. The lowest BCUT2D eigenvalue weighted by molar-refractivity contribution is -0.138. The van der Waals surface area contributed by atoms with E-state index in [0.29, 0.717) is 0 Å². The molecular formula is C24H25Cl2F3N2. The Morgan fingerprint density at radius 1 is 0.806 bits per heavy atom. The first kappa shape index (κ1) is 23.9. The number of piperazine rings is 1. The molecule has 0 aromatic heterocycles. The first-order valence-corrected chi connectivity index (χ1v) is 10.2. The molecule has 0 saturated carbocycles. The molecular weight excluding hydrogens is 444 g/mol. The van der Waals surface area contributed by atoms with E-state index in [2.05, 4.69) is 58.7 Å². The maximum atomic E-state index is 13.1. The number of rotatable bonds is 4. The van der Waals surface area contributed by atoms with Gasteiger partial charge in [0.2, 0.25) is 0 Å². The molecule has 166 valence electrons. The lowest BCUT2D eigenvalue weighted by Crippen LogP contribution is -2.45. The van der Waals surface area contributed by atoms with Crippen LogP contribution in [0.5, 0.6) is 0 Å². The first-order valence-electron chi connectivity index (χ1n) is 10.2. The molecule has 4 aromatic rings. The summed E-state index contributed by atoms with van der Waals surface area (Å²) in [6.45, 7) is 3.16. The van der Waals surface area contributed by atoms with Crippen LogP contribution < -0.4 is 5.32 Å². The highest BCUT2D eigenvalue weighted by Gasteiger charge is 2.32. The number of nitrogens with one attached hydrogen (secondary N) is 1. The molecule has 31 heavy (non-hydrogen) atoms. The summed E-state index contributed by atoms with van der Waals surface area (Å²) in [5.74, 6) is 0. The third kappa shape index (κ3) is 4.56. The van der Waals surface area contributed by atoms with Crippen molar-refractivity contribution in [3.8, 4) is 0 Å². The van der Waals surface area contributed by atoms with Crippen LogP contribution >= 0.6 is 24.8 Å². The zero-order valence-electron chi connectivity index (χ0n) is 16.9. The Kier molecular flexibility index (Phi) is 7.21. The quantitative estimate of drug-likeness (QED) is 0.334. The largest absolute Gasteiger partial charge is 0.389 e. The van der Waals surface area contributed by atoms with Crippen LogP contribution in [0, 0.1) is 0 Å². The van der Waals surface area contributed by atoms with Crippen molar-refractivity contribution in [3.05, 3.63) is 60.2 Å². The van der Waals surface area contributed by atoms with Gasteiger partial charge < -0.3 is 5.32 Å². The van der Waals surface area contributed by atoms with Gasteiger partial charge in [-0.2, -0.15) is 13.2 Å². The molecule has 1 saturated heterocycles. The Hall–Kier alpha value is -1.79. The van der Waals surface area contributed by atoms with E-state index in [1.807, 2.05) is 6.07 Å². The van der Waals surface area contributed by atoms with Gasteiger partial charge in [-0.25, -0.2) is 0 Å². The second kappa shape index (κ2) is 9.37. The van der Waals surface area contributed by atoms with E-state index >= 15 is 0 Å². The second-order valence-electron chi connectivity index (χ2n) is 7.97. The number of nitrogens with zero attached hydrogens (tertiary/aromatic N) is 1. The van der Waals surface area contributed by atoms with Crippen LogP contribution in [0.25, 0.3) is 32.3 Å². The standard InChI is InChI=1S/C24H23F3N2.2ClH/c25-24(26,27)11-10-21(29-14-12-28-13-15-29)19-8-6-18-5-4-16-2-1-3-17-7-9-20(19)23(18)22(16)17;;/h1-9,21,28H,10-15H2;2*1H/t21-;;/m0../s1. The predicted molar refractivity (Wildman–Crippen MR) is 127 cm³/mol. The Labute approximate surface area is 191 Å². The summed E-state index contributed by atoms with van der Waals surface area (Å²) < 4.78 is 39.3. The molecule has 5 rings (SSSR count). The summed E-state index contributed by atoms with van der Waals surface area (Å²) in [5.41, 5.74) is 1.02. The van der Waals surface area contributed by atoms with Gasteiger partial charge in [0.15, 0.2) is 0 Å². The van der Waals surface area contributed by atoms with Crippen molar-refractivity contribution in [2.24, 2.45) is 0 Å². The normalized spacial score (nSPS) is 16.4. The van der Waals surface area contributed by atoms with Gasteiger partial charge in [-0.15, -0.1) is 24.8 Å². The van der Waals surface area contributed by atoms with E-state index in [1.54, 1.807) is 0 Å². The molecule has 2 nitrogen and oxygen atoms in total. The van der Waals surface area contributed by atoms with E-state index < -0.39 is 12.6 Å². The molecule has 0 bridgehead atoms. The highest BCUT2D eigenvalue weighted by Crippen LogP contribution is 2.40. The van der Waals surface area contributed by atoms with E-state index in [0.717, 1.165) is 42.5 Å². The SMILES string of the molecule is Cl.Cl.FC(F)(F)CC[C@@H](c1ccc2ccc3cccc4ccc1c2c34)N1CCNCC1. The third-order valence-electron chi connectivity index (χ3n) is 6.21. The molecule has 4 aromatic carbocycles. The molecule has 1 N–H and O–H groups in total. The van der Waals surface area contributed by atoms with Crippen molar-refractivity contribution >= 4 is 57.1 Å². The van der Waals surface area contributed by atoms with Crippen molar-refractivity contribution in [3.63, 3.8) is 0 Å². The third-order valence-corrected chi connectivity index (χ3v) is 6.21. The monoisotopic (exact) mass is 468 g/mol. The average molecular weight is 469 g/mol. The summed E-state index contributed by atoms with van der Waals surface area (Å²) >= 11 is 0. The van der Waals surface area contributed by atoms with Crippen LogP contribution in [0.1, 0.15) is 24.4 Å². The van der Waals surface area contributed by atoms with Crippen LogP contribution in [-0.2, 0) is 0 Å². The molecule has 1 aliphatic rings. The van der Waals surface area contributed by atoms with Crippen LogP contribution in [-0.4, -0.2) is 37.3 Å². The molecule has 1 heterocycles.